The summed E-state index contributed by atoms with van der Waals surface area (Å²) in [5.74, 6) is -0.403. The molecule has 7 heteroatoms. The fourth-order valence-corrected chi connectivity index (χ4v) is 6.74. The number of hydrogen-bond acceptors (Lipinski definition) is 6. The highest BCUT2D eigenvalue weighted by Crippen LogP contribution is 2.38. The van der Waals surface area contributed by atoms with Gasteiger partial charge in [-0.3, -0.25) is 4.79 Å². The molecular formula is C36H43N3O4. The number of aliphatic hydroxyl groups excluding tert-OH is 1. The molecule has 1 aromatic heterocycles. The second-order valence-electron chi connectivity index (χ2n) is 12.3. The number of carbonyl (C=O) groups excluding carboxylic acids is 2. The second-order valence-corrected chi connectivity index (χ2v) is 12.3. The molecule has 0 saturated heterocycles. The molecule has 1 aliphatic rings. The molecule has 4 aromatic rings. The van der Waals surface area contributed by atoms with Crippen LogP contribution in [-0.2, 0) is 16.1 Å². The molecule has 226 valence electrons. The normalized spacial score (nSPS) is 16.8. The van der Waals surface area contributed by atoms with E-state index in [1.54, 1.807) is 6.07 Å². The maximum absolute atomic E-state index is 13.7. The molecular weight excluding hydrogens is 538 g/mol. The molecule has 5 rings (SSSR count). The number of carbonyl (C=O) groups is 2. The summed E-state index contributed by atoms with van der Waals surface area (Å²) in [6.07, 6.45) is 6.83. The number of likely N-dealkylation sites (N-methyl/N-ethyl adjacent to an activating group) is 1. The third-order valence-electron chi connectivity index (χ3n) is 9.32. The fraction of sp³-hybridized carbons (Fsp3) is 0.417. The molecule has 3 aromatic carbocycles. The van der Waals surface area contributed by atoms with E-state index < -0.39 is 17.6 Å². The minimum absolute atomic E-state index is 0.222. The van der Waals surface area contributed by atoms with Crippen LogP contribution >= 0.6 is 0 Å². The number of aliphatic hydroxyl groups is 1. The van der Waals surface area contributed by atoms with E-state index in [2.05, 4.69) is 34.1 Å². The second kappa shape index (κ2) is 13.2. The lowest BCUT2D eigenvalue weighted by Crippen LogP contribution is -2.50. The van der Waals surface area contributed by atoms with Gasteiger partial charge in [-0.25, -0.2) is 4.79 Å². The van der Waals surface area contributed by atoms with Crippen molar-refractivity contribution in [2.45, 2.75) is 76.9 Å². The first-order valence-electron chi connectivity index (χ1n) is 15.5. The average Bonchev–Trinajstić information content (AvgIpc) is 3.39. The quantitative estimate of drug-likeness (QED) is 0.0834. The predicted molar refractivity (Wildman–Crippen MR) is 172 cm³/mol. The van der Waals surface area contributed by atoms with Crippen LogP contribution < -0.4 is 0 Å². The zero-order valence-electron chi connectivity index (χ0n) is 25.7. The van der Waals surface area contributed by atoms with Gasteiger partial charge in [0.2, 0.25) is 5.78 Å². The number of H-pyrrole nitrogens is 1. The number of nitrogens with one attached hydrogen (secondary N) is 1. The molecule has 7 nitrogen and oxygen atoms in total. The maximum atomic E-state index is 13.7. The van der Waals surface area contributed by atoms with E-state index in [0.717, 1.165) is 59.5 Å². The van der Waals surface area contributed by atoms with Gasteiger partial charge in [-0.2, -0.15) is 0 Å². The highest BCUT2D eigenvalue weighted by Gasteiger charge is 2.39. The molecule has 0 amide bonds. The van der Waals surface area contributed by atoms with Gasteiger partial charge in [0, 0.05) is 34.3 Å². The molecule has 43 heavy (non-hydrogen) atoms. The number of Topliss-reactive ketones (excluding diaryl/α,β-unsaturated/α-hetero) is 1. The summed E-state index contributed by atoms with van der Waals surface area (Å²) in [6.45, 7) is 3.41. The lowest BCUT2D eigenvalue weighted by molar-refractivity contribution is -0.140. The molecule has 1 heterocycles. The van der Waals surface area contributed by atoms with Gasteiger partial charge in [-0.1, -0.05) is 80.6 Å². The molecule has 1 aliphatic carbocycles. The molecule has 1 fully saturated rings. The van der Waals surface area contributed by atoms with E-state index in [9.17, 15) is 14.7 Å². The van der Waals surface area contributed by atoms with Gasteiger partial charge in [0.25, 0.3) is 0 Å². The molecule has 0 bridgehead atoms. The third kappa shape index (κ3) is 6.58. The first-order chi connectivity index (χ1) is 20.7. The number of oxime groups is 1. The monoisotopic (exact) mass is 581 g/mol. The molecule has 0 radical (unpaired) electrons. The summed E-state index contributed by atoms with van der Waals surface area (Å²) in [7, 11) is 4.06. The smallest absolute Gasteiger partial charge is 0.331 e. The summed E-state index contributed by atoms with van der Waals surface area (Å²) in [5.41, 5.74) is 4.12. The van der Waals surface area contributed by atoms with Crippen molar-refractivity contribution in [2.24, 2.45) is 11.1 Å². The lowest BCUT2D eigenvalue weighted by Gasteiger charge is -2.43. The first-order valence-corrected chi connectivity index (χ1v) is 15.5. The number of rotatable bonds is 11. The maximum Gasteiger partial charge on any atom is 0.331 e. The molecule has 0 aliphatic heterocycles. The molecule has 2 atom stereocenters. The molecule has 2 unspecified atom stereocenters. The van der Waals surface area contributed by atoms with Crippen LogP contribution in [0, 0.1) is 5.92 Å². The lowest BCUT2D eigenvalue weighted by atomic mass is 9.78. The van der Waals surface area contributed by atoms with Gasteiger partial charge in [0.15, 0.2) is 0 Å². The standard InChI is InChI=1S/C36H43N3O4/c1-5-36(39(3)4,23-26-14-10-7-11-15-26)35(42)28-17-19-32-30(22-28)29-21-27(16-18-31(29)37-32)34(41)33(38-43-24(2)40)20-25-12-8-6-9-13-25/h7,10-11,14-19,21-22,25,35,37,42H,5-6,8-9,12-13,20,23H2,1-4H3/b38-33+. The van der Waals surface area contributed by atoms with E-state index in [1.807, 2.05) is 62.6 Å². The van der Waals surface area contributed by atoms with Crippen molar-refractivity contribution in [1.82, 2.24) is 9.88 Å². The van der Waals surface area contributed by atoms with E-state index in [-0.39, 0.29) is 11.5 Å². The number of nitrogens with zero attached hydrogens (tertiary/aromatic N) is 2. The Bertz CT molecular complexity index is 1620. The summed E-state index contributed by atoms with van der Waals surface area (Å²) in [5, 5.41) is 17.8. The number of hydrogen-bond donors (Lipinski definition) is 2. The van der Waals surface area contributed by atoms with Gasteiger partial charge in [0.1, 0.15) is 5.71 Å². The van der Waals surface area contributed by atoms with Gasteiger partial charge in [0.05, 0.1) is 11.6 Å². The zero-order valence-corrected chi connectivity index (χ0v) is 25.7. The van der Waals surface area contributed by atoms with Crippen molar-refractivity contribution in [3.8, 4) is 0 Å². The van der Waals surface area contributed by atoms with Gasteiger partial charge in [-0.15, -0.1) is 0 Å². The molecule has 2 N–H and O–H groups in total. The van der Waals surface area contributed by atoms with Gasteiger partial charge in [-0.05, 0) is 80.7 Å². The summed E-state index contributed by atoms with van der Waals surface area (Å²) in [4.78, 5) is 35.9. The van der Waals surface area contributed by atoms with Crippen LogP contribution in [0.2, 0.25) is 0 Å². The summed E-state index contributed by atoms with van der Waals surface area (Å²) in [6, 6.07) is 21.9. The predicted octanol–water partition coefficient (Wildman–Crippen LogP) is 7.38. The Kier molecular flexibility index (Phi) is 9.43. The van der Waals surface area contributed by atoms with Crippen LogP contribution in [-0.4, -0.2) is 52.1 Å². The van der Waals surface area contributed by atoms with Crippen molar-refractivity contribution < 1.29 is 19.5 Å². The molecule has 0 spiro atoms. The van der Waals surface area contributed by atoms with E-state index in [0.29, 0.717) is 24.3 Å². The number of benzene rings is 3. The summed E-state index contributed by atoms with van der Waals surface area (Å²) >= 11 is 0. The molecule has 1 saturated carbocycles. The largest absolute Gasteiger partial charge is 0.386 e. The first kappa shape index (κ1) is 30.6. The number of aromatic amines is 1. The van der Waals surface area contributed by atoms with Crippen LogP contribution in [0.1, 0.15) is 86.4 Å². The van der Waals surface area contributed by atoms with Crippen LogP contribution in [0.25, 0.3) is 21.8 Å². The highest BCUT2D eigenvalue weighted by molar-refractivity contribution is 6.46. The Morgan fingerprint density at radius 2 is 1.67 bits per heavy atom. The third-order valence-corrected chi connectivity index (χ3v) is 9.32. The highest BCUT2D eigenvalue weighted by atomic mass is 16.7. The van der Waals surface area contributed by atoms with Crippen LogP contribution in [0.3, 0.4) is 0 Å². The van der Waals surface area contributed by atoms with Crippen molar-refractivity contribution in [3.05, 3.63) is 83.4 Å². The minimum atomic E-state index is -0.746. The van der Waals surface area contributed by atoms with Crippen molar-refractivity contribution in [2.75, 3.05) is 14.1 Å². The van der Waals surface area contributed by atoms with Crippen molar-refractivity contribution in [3.63, 3.8) is 0 Å². The Morgan fingerprint density at radius 1 is 1.00 bits per heavy atom. The van der Waals surface area contributed by atoms with Crippen LogP contribution in [0.15, 0.2) is 71.9 Å². The Hall–Kier alpha value is -3.81. The van der Waals surface area contributed by atoms with E-state index in [4.69, 9.17) is 4.84 Å². The zero-order chi connectivity index (χ0) is 30.6. The van der Waals surface area contributed by atoms with E-state index in [1.165, 1.54) is 18.9 Å². The van der Waals surface area contributed by atoms with Crippen LogP contribution in [0.5, 0.6) is 0 Å². The summed E-state index contributed by atoms with van der Waals surface area (Å²) < 4.78 is 0. The minimum Gasteiger partial charge on any atom is -0.386 e. The number of aromatic nitrogens is 1. The Labute approximate surface area is 253 Å². The number of fused-ring (bicyclic) bond motifs is 3. The van der Waals surface area contributed by atoms with Crippen molar-refractivity contribution >= 4 is 39.3 Å². The average molecular weight is 582 g/mol. The topological polar surface area (TPSA) is 95.0 Å². The van der Waals surface area contributed by atoms with Crippen molar-refractivity contribution in [1.29, 1.82) is 0 Å². The SMILES string of the molecule is CCC(Cc1ccccc1)(C(O)c1ccc2[nH]c3ccc(C(=O)/C(CC4CCCCC4)=N/OC(C)=O)cc3c2c1)N(C)C. The van der Waals surface area contributed by atoms with Gasteiger partial charge >= 0.3 is 5.97 Å². The van der Waals surface area contributed by atoms with Crippen LogP contribution in [0.4, 0.5) is 0 Å². The Morgan fingerprint density at radius 3 is 2.33 bits per heavy atom. The fourth-order valence-electron chi connectivity index (χ4n) is 6.74. The van der Waals surface area contributed by atoms with Gasteiger partial charge < -0.3 is 19.8 Å². The Balaban J connectivity index is 1.51. The van der Waals surface area contributed by atoms with E-state index >= 15 is 0 Å². The number of ketones is 1.